The lowest BCUT2D eigenvalue weighted by atomic mass is 10.3. The van der Waals surface area contributed by atoms with Crippen LogP contribution in [0.4, 0.5) is 13.2 Å². The summed E-state index contributed by atoms with van der Waals surface area (Å²) in [5.41, 5.74) is -0.966. The highest BCUT2D eigenvalue weighted by Crippen LogP contribution is 2.30. The summed E-state index contributed by atoms with van der Waals surface area (Å²) >= 11 is 12.8. The number of thioether (sulfide) groups is 1. The van der Waals surface area contributed by atoms with E-state index in [9.17, 15) is 26.4 Å². The van der Waals surface area contributed by atoms with Crippen LogP contribution in [0, 0.1) is 0 Å². The highest BCUT2D eigenvalue weighted by atomic mass is 35.5. The molecule has 0 unspecified atom stereocenters. The van der Waals surface area contributed by atoms with E-state index in [0.717, 1.165) is 17.8 Å². The molecule has 0 bridgehead atoms. The molecule has 0 amide bonds. The molecule has 1 aromatic carbocycles. The number of rotatable bonds is 7. The van der Waals surface area contributed by atoms with Gasteiger partial charge in [-0.1, -0.05) is 23.2 Å². The lowest BCUT2D eigenvalue weighted by Gasteiger charge is -2.10. The lowest BCUT2D eigenvalue weighted by molar-refractivity contribution is -0.137. The highest BCUT2D eigenvalue weighted by molar-refractivity contribution is 8.00. The van der Waals surface area contributed by atoms with E-state index in [2.05, 4.69) is 9.97 Å². The zero-order chi connectivity index (χ0) is 24.2. The Hall–Kier alpha value is -2.34. The molecule has 6 nitrogen and oxygen atoms in total. The second-order valence-corrected chi connectivity index (χ2v) is 10.4. The van der Waals surface area contributed by atoms with E-state index in [1.54, 1.807) is 0 Å². The average Bonchev–Trinajstić information content (AvgIpc) is 2.75. The molecule has 0 aliphatic carbocycles. The minimum absolute atomic E-state index is 0.0377. The fraction of sp³-hybridized carbons (Fsp3) is 0.150. The number of ether oxygens (including phenoxy) is 1. The molecule has 0 aliphatic heterocycles. The third-order valence-electron chi connectivity index (χ3n) is 4.06. The van der Waals surface area contributed by atoms with Gasteiger partial charge >= 0.3 is 12.1 Å². The molecule has 0 saturated heterocycles. The van der Waals surface area contributed by atoms with E-state index >= 15 is 0 Å². The van der Waals surface area contributed by atoms with Crippen molar-refractivity contribution in [2.45, 2.75) is 16.2 Å². The Kier molecular flexibility index (Phi) is 7.88. The van der Waals surface area contributed by atoms with E-state index in [1.807, 2.05) is 0 Å². The van der Waals surface area contributed by atoms with Gasteiger partial charge in [-0.2, -0.15) is 13.2 Å². The summed E-state index contributed by atoms with van der Waals surface area (Å²) in [7, 11) is -3.96. The van der Waals surface area contributed by atoms with Crippen LogP contribution in [0.1, 0.15) is 15.9 Å². The molecule has 0 atom stereocenters. The van der Waals surface area contributed by atoms with Crippen LogP contribution in [0.5, 0.6) is 5.75 Å². The molecule has 0 radical (unpaired) electrons. The van der Waals surface area contributed by atoms with Gasteiger partial charge in [-0.25, -0.2) is 23.2 Å². The number of alkyl halides is 3. The van der Waals surface area contributed by atoms with Crippen LogP contribution in [-0.4, -0.2) is 35.9 Å². The zero-order valence-electron chi connectivity index (χ0n) is 16.3. The summed E-state index contributed by atoms with van der Waals surface area (Å²) in [6.45, 7) is 0. The van der Waals surface area contributed by atoms with Gasteiger partial charge in [-0.3, -0.25) is 0 Å². The minimum Gasteiger partial charge on any atom is -0.421 e. The summed E-state index contributed by atoms with van der Waals surface area (Å²) in [4.78, 5) is 20.1. The van der Waals surface area contributed by atoms with Crippen LogP contribution in [-0.2, 0) is 16.0 Å². The maximum absolute atomic E-state index is 12.6. The summed E-state index contributed by atoms with van der Waals surface area (Å²) < 4.78 is 68.0. The molecule has 0 saturated carbocycles. The Balaban J connectivity index is 1.68. The van der Waals surface area contributed by atoms with E-state index in [-0.39, 0.29) is 27.1 Å². The molecular weight excluding hydrogens is 524 g/mol. The van der Waals surface area contributed by atoms with Crippen molar-refractivity contribution in [2.24, 2.45) is 0 Å². The average molecular weight is 537 g/mol. The Morgan fingerprint density at radius 2 is 1.85 bits per heavy atom. The number of sulfone groups is 1. The van der Waals surface area contributed by atoms with Crippen molar-refractivity contribution in [1.82, 2.24) is 9.97 Å². The first-order chi connectivity index (χ1) is 15.5. The largest absolute Gasteiger partial charge is 0.421 e. The van der Waals surface area contributed by atoms with Gasteiger partial charge in [-0.15, -0.1) is 11.8 Å². The summed E-state index contributed by atoms with van der Waals surface area (Å²) in [6, 6.07) is 8.75. The second kappa shape index (κ2) is 10.3. The lowest BCUT2D eigenvalue weighted by Crippen LogP contribution is -2.14. The number of benzene rings is 1. The molecule has 33 heavy (non-hydrogen) atoms. The molecule has 0 aliphatic rings. The van der Waals surface area contributed by atoms with Gasteiger partial charge in [0.15, 0.2) is 14.9 Å². The quantitative estimate of drug-likeness (QED) is 0.221. The summed E-state index contributed by atoms with van der Waals surface area (Å²) in [5, 5.41) is 0.225. The maximum atomic E-state index is 12.6. The van der Waals surface area contributed by atoms with Gasteiger partial charge in [0, 0.05) is 23.2 Å². The predicted molar refractivity (Wildman–Crippen MR) is 118 cm³/mol. The van der Waals surface area contributed by atoms with Crippen molar-refractivity contribution in [3.05, 3.63) is 76.0 Å². The number of nitrogens with zero attached hydrogens (tertiary/aromatic N) is 2. The summed E-state index contributed by atoms with van der Waals surface area (Å²) in [5.74, 6) is -1.15. The van der Waals surface area contributed by atoms with Crippen molar-refractivity contribution in [1.29, 1.82) is 0 Å². The van der Waals surface area contributed by atoms with Gasteiger partial charge in [0.25, 0.3) is 0 Å². The first-order valence-electron chi connectivity index (χ1n) is 8.98. The standard InChI is InChI=1S/C20H13Cl2F3N2O4S2/c21-13-4-5-16(15(22)10-13)31-19(28)14-2-1-7-26-18(14)32-8-9-33(29,30)17-6-3-12(11-27-17)20(23,24)25/h1-7,10-11H,8-9H2. The highest BCUT2D eigenvalue weighted by Gasteiger charge is 2.31. The Labute approximate surface area is 201 Å². The van der Waals surface area contributed by atoms with Gasteiger partial charge in [-0.05, 0) is 42.5 Å². The van der Waals surface area contributed by atoms with Crippen LogP contribution in [0.2, 0.25) is 10.0 Å². The topological polar surface area (TPSA) is 86.2 Å². The predicted octanol–water partition coefficient (Wildman–Crippen LogP) is 5.59. The van der Waals surface area contributed by atoms with Crippen molar-refractivity contribution in [3.63, 3.8) is 0 Å². The number of hydrogen-bond donors (Lipinski definition) is 0. The molecule has 2 heterocycles. The number of halogens is 5. The van der Waals surface area contributed by atoms with Gasteiger partial charge < -0.3 is 4.74 Å². The van der Waals surface area contributed by atoms with Crippen molar-refractivity contribution in [3.8, 4) is 5.75 Å². The number of esters is 1. The summed E-state index contributed by atoms with van der Waals surface area (Å²) in [6.07, 6.45) is -2.74. The first kappa shape index (κ1) is 25.3. The molecule has 13 heteroatoms. The molecule has 3 aromatic rings. The van der Waals surface area contributed by atoms with E-state index in [0.29, 0.717) is 17.3 Å². The monoisotopic (exact) mass is 536 g/mol. The van der Waals surface area contributed by atoms with E-state index in [4.69, 9.17) is 27.9 Å². The van der Waals surface area contributed by atoms with Gasteiger partial charge in [0.1, 0.15) is 10.8 Å². The fourth-order valence-electron chi connectivity index (χ4n) is 2.46. The molecule has 2 aromatic heterocycles. The number of aromatic nitrogens is 2. The first-order valence-corrected chi connectivity index (χ1v) is 12.4. The van der Waals surface area contributed by atoms with Gasteiger partial charge in [0.2, 0.25) is 0 Å². The molecule has 3 rings (SSSR count). The van der Waals surface area contributed by atoms with Crippen LogP contribution in [0.3, 0.4) is 0 Å². The van der Waals surface area contributed by atoms with Crippen LogP contribution in [0.25, 0.3) is 0 Å². The number of carbonyl (C=O) groups excluding carboxylic acids is 1. The van der Waals surface area contributed by atoms with Crippen molar-refractivity contribution >= 4 is 50.8 Å². The normalized spacial score (nSPS) is 11.9. The molecule has 0 spiro atoms. The molecule has 0 N–H and O–H groups in total. The fourth-order valence-corrected chi connectivity index (χ4v) is 5.45. The van der Waals surface area contributed by atoms with Crippen molar-refractivity contribution < 1.29 is 31.1 Å². The van der Waals surface area contributed by atoms with Gasteiger partial charge in [0.05, 0.1) is 21.9 Å². The van der Waals surface area contributed by atoms with Crippen LogP contribution in [0.15, 0.2) is 64.9 Å². The molecule has 0 fully saturated rings. The number of carbonyl (C=O) groups is 1. The Morgan fingerprint density at radius 1 is 1.09 bits per heavy atom. The van der Waals surface area contributed by atoms with Crippen LogP contribution < -0.4 is 4.74 Å². The van der Waals surface area contributed by atoms with E-state index in [1.165, 1.54) is 36.5 Å². The van der Waals surface area contributed by atoms with Crippen LogP contribution >= 0.6 is 35.0 Å². The molecule has 174 valence electrons. The Bertz CT molecular complexity index is 1270. The number of hydrogen-bond acceptors (Lipinski definition) is 7. The second-order valence-electron chi connectivity index (χ2n) is 6.37. The SMILES string of the molecule is O=C(Oc1ccc(Cl)cc1Cl)c1cccnc1SCCS(=O)(=O)c1ccc(C(F)(F)F)cn1. The minimum atomic E-state index is -4.62. The third kappa shape index (κ3) is 6.59. The smallest absolute Gasteiger partial charge is 0.417 e. The zero-order valence-corrected chi connectivity index (χ0v) is 19.5. The van der Waals surface area contributed by atoms with Crippen molar-refractivity contribution in [2.75, 3.05) is 11.5 Å². The maximum Gasteiger partial charge on any atom is 0.417 e. The third-order valence-corrected chi connectivity index (χ3v) is 7.48. The van der Waals surface area contributed by atoms with E-state index < -0.39 is 38.3 Å². The Morgan fingerprint density at radius 3 is 2.48 bits per heavy atom. The molecular formula is C20H13Cl2F3N2O4S2. The number of pyridine rings is 2.